The number of thiol groups is 1. The fourth-order valence-corrected chi connectivity index (χ4v) is 8.37. The number of amides is 1. The Balaban J connectivity index is 1.24. The molecular formula is C48H45BrClN3O5S2. The predicted molar refractivity (Wildman–Crippen MR) is 248 cm³/mol. The molecule has 0 aliphatic rings. The van der Waals surface area contributed by atoms with E-state index in [-0.39, 0.29) is 37.5 Å². The molecule has 6 rings (SSSR count). The van der Waals surface area contributed by atoms with Gasteiger partial charge in [-0.3, -0.25) is 4.79 Å². The molecule has 0 aliphatic carbocycles. The van der Waals surface area contributed by atoms with Gasteiger partial charge >= 0.3 is 0 Å². The molecule has 308 valence electrons. The molecular weight excluding hydrogens is 878 g/mol. The summed E-state index contributed by atoms with van der Waals surface area (Å²) in [5.41, 5.74) is 6.06. The van der Waals surface area contributed by atoms with Crippen molar-refractivity contribution >= 4 is 57.8 Å². The van der Waals surface area contributed by atoms with Gasteiger partial charge in [0.25, 0.3) is 0 Å². The van der Waals surface area contributed by atoms with Crippen LogP contribution in [-0.2, 0) is 24.6 Å². The van der Waals surface area contributed by atoms with E-state index in [9.17, 15) is 10.1 Å². The van der Waals surface area contributed by atoms with E-state index in [1.807, 2.05) is 91.0 Å². The van der Waals surface area contributed by atoms with Crippen LogP contribution >= 0.6 is 51.9 Å². The number of thioether (sulfide) groups is 1. The molecule has 0 heterocycles. The molecule has 1 atom stereocenters. The molecule has 0 aromatic heterocycles. The molecule has 0 radical (unpaired) electrons. The van der Waals surface area contributed by atoms with Crippen LogP contribution in [0.15, 0.2) is 143 Å². The molecule has 0 aliphatic heterocycles. The Kier molecular flexibility index (Phi) is 16.7. The molecule has 6 aromatic rings. The first-order valence-corrected chi connectivity index (χ1v) is 21.9. The van der Waals surface area contributed by atoms with Crippen LogP contribution in [0.3, 0.4) is 0 Å². The minimum Gasteiger partial charge on any atom is -0.497 e. The lowest BCUT2D eigenvalue weighted by Crippen LogP contribution is -2.40. The summed E-state index contributed by atoms with van der Waals surface area (Å²) in [6, 6.07) is 44.8. The van der Waals surface area contributed by atoms with E-state index in [1.165, 1.54) is 0 Å². The van der Waals surface area contributed by atoms with Crippen molar-refractivity contribution in [2.75, 3.05) is 39.6 Å². The zero-order chi connectivity index (χ0) is 42.3. The molecule has 60 heavy (non-hydrogen) atoms. The predicted octanol–water partition coefficient (Wildman–Crippen LogP) is 11.2. The second-order valence-corrected chi connectivity index (χ2v) is 16.7. The average Bonchev–Trinajstić information content (AvgIpc) is 3.28. The van der Waals surface area contributed by atoms with Gasteiger partial charge < -0.3 is 29.2 Å². The lowest BCUT2D eigenvalue weighted by atomic mass is 10.0. The molecule has 1 N–H and O–H groups in total. The Hall–Kier alpha value is -5.09. The maximum absolute atomic E-state index is 14.1. The fraction of sp³-hybridized carbons (Fsp3) is 0.208. The third-order valence-corrected chi connectivity index (χ3v) is 12.3. The number of hydrogen-bond acceptors (Lipinski definition) is 9. The zero-order valence-electron chi connectivity index (χ0n) is 33.3. The maximum Gasteiger partial charge on any atom is 0.236 e. The second kappa shape index (κ2) is 22.5. The van der Waals surface area contributed by atoms with E-state index < -0.39 is 0 Å². The highest BCUT2D eigenvalue weighted by molar-refractivity contribution is 9.10. The number of benzene rings is 6. The lowest BCUT2D eigenvalue weighted by molar-refractivity contribution is -0.130. The summed E-state index contributed by atoms with van der Waals surface area (Å²) in [7, 11) is 3.27. The van der Waals surface area contributed by atoms with Crippen molar-refractivity contribution in [3.63, 3.8) is 0 Å². The van der Waals surface area contributed by atoms with Gasteiger partial charge in [0, 0.05) is 57.2 Å². The summed E-state index contributed by atoms with van der Waals surface area (Å²) in [5, 5.41) is 12.9. The molecule has 0 fully saturated rings. The van der Waals surface area contributed by atoms with Crippen LogP contribution < -0.4 is 24.3 Å². The van der Waals surface area contributed by atoms with E-state index in [4.69, 9.17) is 43.2 Å². The first-order chi connectivity index (χ1) is 29.2. The lowest BCUT2D eigenvalue weighted by Gasteiger charge is -2.27. The summed E-state index contributed by atoms with van der Waals surface area (Å²) < 4.78 is 24.4. The molecule has 1 amide bonds. The Morgan fingerprint density at radius 2 is 1.53 bits per heavy atom. The van der Waals surface area contributed by atoms with Crippen molar-refractivity contribution in [1.82, 2.24) is 10.2 Å². The molecule has 12 heteroatoms. The smallest absolute Gasteiger partial charge is 0.236 e. The minimum atomic E-state index is -0.299. The molecule has 0 spiro atoms. The summed E-state index contributed by atoms with van der Waals surface area (Å²) in [5.74, 6) is 3.13. The number of nitrogens with zero attached hydrogens (tertiary/aromatic N) is 2. The molecule has 0 bridgehead atoms. The number of methoxy groups -OCH3 is 2. The van der Waals surface area contributed by atoms with Gasteiger partial charge in [0.15, 0.2) is 0 Å². The number of nitrogens with one attached hydrogen (secondary N) is 1. The van der Waals surface area contributed by atoms with E-state index in [0.717, 1.165) is 54.4 Å². The van der Waals surface area contributed by atoms with Crippen molar-refractivity contribution in [2.45, 2.75) is 29.9 Å². The second-order valence-electron chi connectivity index (χ2n) is 13.7. The van der Waals surface area contributed by atoms with Crippen molar-refractivity contribution in [3.8, 4) is 40.2 Å². The molecule has 6 aromatic carbocycles. The maximum atomic E-state index is 14.1. The van der Waals surface area contributed by atoms with E-state index >= 15 is 0 Å². The summed E-state index contributed by atoms with van der Waals surface area (Å²) in [6.07, 6.45) is 0. The standard InChI is InChI=1S/C48H45BrClN3O5S2/c1-55-39-16-14-36(15-17-39)46(59)30-53(47(54)28-52-22-23-60-41-20-18-40(56-2)19-21-41)29-38-25-43(50)45(26-44(38)57-31-34-9-6-8-33(24-34)27-51)58-32-37-12-7-13-42(48(37)49)35-10-4-3-5-11-35/h3-21,24-26,46,52,59H,22-23,28-32H2,1-2H3. The molecule has 0 saturated heterocycles. The SMILES string of the molecule is COc1ccc(SCCNCC(=O)N(Cc2cc(Cl)c(OCc3cccc(-c4ccccc4)c3Br)cc2OCc2cccc(C#N)c2)CC(S)c2ccc(OC)cc2)cc1. The number of halogens is 2. The minimum absolute atomic E-state index is 0.107. The summed E-state index contributed by atoms with van der Waals surface area (Å²) in [6.45, 7) is 1.65. The van der Waals surface area contributed by atoms with Crippen molar-refractivity contribution < 1.29 is 23.7 Å². The van der Waals surface area contributed by atoms with E-state index in [0.29, 0.717) is 40.7 Å². The van der Waals surface area contributed by atoms with Gasteiger partial charge in [-0.05, 0) is 92.8 Å². The van der Waals surface area contributed by atoms with Crippen LogP contribution in [0.5, 0.6) is 23.0 Å². The van der Waals surface area contributed by atoms with Gasteiger partial charge in [-0.1, -0.05) is 84.4 Å². The largest absolute Gasteiger partial charge is 0.497 e. The first-order valence-electron chi connectivity index (χ1n) is 19.2. The number of nitriles is 1. The monoisotopic (exact) mass is 921 g/mol. The van der Waals surface area contributed by atoms with Crippen LogP contribution in [0.1, 0.15) is 33.1 Å². The molecule has 8 nitrogen and oxygen atoms in total. The van der Waals surface area contributed by atoms with Gasteiger partial charge in [-0.2, -0.15) is 17.9 Å². The van der Waals surface area contributed by atoms with Gasteiger partial charge in [0.2, 0.25) is 5.91 Å². The number of hydrogen-bond donors (Lipinski definition) is 2. The molecule has 0 saturated carbocycles. The number of carbonyl (C=O) groups excluding carboxylic acids is 1. The average molecular weight is 923 g/mol. The number of carbonyl (C=O) groups is 1. The van der Waals surface area contributed by atoms with Crippen LogP contribution in [-0.4, -0.2) is 50.4 Å². The quantitative estimate of drug-likeness (QED) is 0.0444. The normalized spacial score (nSPS) is 11.3. The van der Waals surface area contributed by atoms with Gasteiger partial charge in [0.1, 0.15) is 36.2 Å². The Morgan fingerprint density at radius 1 is 0.833 bits per heavy atom. The highest BCUT2D eigenvalue weighted by Crippen LogP contribution is 2.37. The van der Waals surface area contributed by atoms with Gasteiger partial charge in [-0.15, -0.1) is 11.8 Å². The highest BCUT2D eigenvalue weighted by atomic mass is 79.9. The van der Waals surface area contributed by atoms with E-state index in [1.54, 1.807) is 55.1 Å². The Bertz CT molecular complexity index is 2380. The topological polar surface area (TPSA) is 93.0 Å². The van der Waals surface area contributed by atoms with Crippen molar-refractivity contribution in [2.24, 2.45) is 0 Å². The zero-order valence-corrected chi connectivity index (χ0v) is 37.3. The number of ether oxygens (including phenoxy) is 4. The van der Waals surface area contributed by atoms with Crippen molar-refractivity contribution in [3.05, 3.63) is 171 Å². The summed E-state index contributed by atoms with van der Waals surface area (Å²) >= 11 is 17.5. The first kappa shape index (κ1) is 44.5. The highest BCUT2D eigenvalue weighted by Gasteiger charge is 2.22. The Labute approximate surface area is 375 Å². The van der Waals surface area contributed by atoms with Crippen LogP contribution in [0.25, 0.3) is 11.1 Å². The van der Waals surface area contributed by atoms with Crippen LogP contribution in [0.2, 0.25) is 5.02 Å². The van der Waals surface area contributed by atoms with Gasteiger partial charge in [0.05, 0.1) is 37.4 Å². The van der Waals surface area contributed by atoms with Crippen LogP contribution in [0.4, 0.5) is 0 Å². The van der Waals surface area contributed by atoms with Gasteiger partial charge in [-0.25, -0.2) is 0 Å². The van der Waals surface area contributed by atoms with Crippen molar-refractivity contribution in [1.29, 1.82) is 5.26 Å². The fourth-order valence-electron chi connectivity index (χ4n) is 6.34. The number of rotatable bonds is 20. The summed E-state index contributed by atoms with van der Waals surface area (Å²) in [4.78, 5) is 17.0. The van der Waals surface area contributed by atoms with Crippen LogP contribution in [0, 0.1) is 11.3 Å². The third-order valence-electron chi connectivity index (χ3n) is 9.60. The Morgan fingerprint density at radius 3 is 2.25 bits per heavy atom. The molecule has 1 unspecified atom stereocenters. The third kappa shape index (κ3) is 12.5. The van der Waals surface area contributed by atoms with E-state index in [2.05, 4.69) is 45.5 Å².